The standard InChI is InChI=1S/C16H21F2NO2/c1-16(2)13(12-7-8-20-14(12)16)19-9-10-3-5-11(6-4-10)21-15(17)18/h3-6,12-15,19H,7-9H2,1-2H3. The summed E-state index contributed by atoms with van der Waals surface area (Å²) in [6.45, 7) is 3.28. The Morgan fingerprint density at radius 2 is 2.05 bits per heavy atom. The lowest BCUT2D eigenvalue weighted by atomic mass is 9.57. The molecule has 1 aromatic rings. The van der Waals surface area contributed by atoms with Gasteiger partial charge in [0.2, 0.25) is 0 Å². The molecular weight excluding hydrogens is 276 g/mol. The Morgan fingerprint density at radius 1 is 1.33 bits per heavy atom. The van der Waals surface area contributed by atoms with Crippen molar-refractivity contribution in [2.75, 3.05) is 6.61 Å². The number of alkyl halides is 2. The maximum absolute atomic E-state index is 12.1. The molecule has 3 rings (SSSR count). The van der Waals surface area contributed by atoms with Crippen LogP contribution in [-0.4, -0.2) is 25.4 Å². The number of hydrogen-bond acceptors (Lipinski definition) is 3. The highest BCUT2D eigenvalue weighted by Crippen LogP contribution is 2.52. The number of halogens is 2. The summed E-state index contributed by atoms with van der Waals surface area (Å²) in [6.07, 6.45) is 1.49. The van der Waals surface area contributed by atoms with Gasteiger partial charge in [0.15, 0.2) is 0 Å². The summed E-state index contributed by atoms with van der Waals surface area (Å²) < 4.78 is 34.3. The van der Waals surface area contributed by atoms with Crippen LogP contribution < -0.4 is 10.1 Å². The van der Waals surface area contributed by atoms with Gasteiger partial charge in [-0.25, -0.2) is 0 Å². The smallest absolute Gasteiger partial charge is 0.387 e. The Hall–Kier alpha value is -1.20. The number of fused-ring (bicyclic) bond motifs is 1. The van der Waals surface area contributed by atoms with Crippen LogP contribution in [0.2, 0.25) is 0 Å². The Morgan fingerprint density at radius 3 is 2.71 bits per heavy atom. The van der Waals surface area contributed by atoms with Crippen LogP contribution in [0.4, 0.5) is 8.78 Å². The highest BCUT2D eigenvalue weighted by atomic mass is 19.3. The normalized spacial score (nSPS) is 30.0. The van der Waals surface area contributed by atoms with Crippen molar-refractivity contribution in [3.63, 3.8) is 0 Å². The molecule has 3 unspecified atom stereocenters. The van der Waals surface area contributed by atoms with Gasteiger partial charge >= 0.3 is 6.61 Å². The third kappa shape index (κ3) is 2.77. The van der Waals surface area contributed by atoms with Gasteiger partial charge in [-0.05, 0) is 24.1 Å². The number of benzene rings is 1. The summed E-state index contributed by atoms with van der Waals surface area (Å²) >= 11 is 0. The molecule has 1 aliphatic heterocycles. The van der Waals surface area contributed by atoms with E-state index in [9.17, 15) is 8.78 Å². The average Bonchev–Trinajstić information content (AvgIpc) is 2.87. The fourth-order valence-electron chi connectivity index (χ4n) is 3.76. The molecule has 116 valence electrons. The van der Waals surface area contributed by atoms with Gasteiger partial charge in [0.1, 0.15) is 5.75 Å². The highest BCUT2D eigenvalue weighted by Gasteiger charge is 2.58. The maximum atomic E-state index is 12.1. The van der Waals surface area contributed by atoms with Gasteiger partial charge in [0.25, 0.3) is 0 Å². The lowest BCUT2D eigenvalue weighted by Gasteiger charge is -2.55. The molecule has 1 aliphatic carbocycles. The zero-order valence-corrected chi connectivity index (χ0v) is 12.3. The van der Waals surface area contributed by atoms with E-state index >= 15 is 0 Å². The number of hydrogen-bond donors (Lipinski definition) is 1. The van der Waals surface area contributed by atoms with Gasteiger partial charge in [-0.1, -0.05) is 26.0 Å². The Balaban J connectivity index is 1.55. The largest absolute Gasteiger partial charge is 0.435 e. The molecule has 5 heteroatoms. The van der Waals surface area contributed by atoms with Gasteiger partial charge < -0.3 is 14.8 Å². The van der Waals surface area contributed by atoms with E-state index in [1.165, 1.54) is 0 Å². The van der Waals surface area contributed by atoms with Crippen molar-refractivity contribution in [2.45, 2.75) is 45.6 Å². The van der Waals surface area contributed by atoms with Gasteiger partial charge in [-0.2, -0.15) is 8.78 Å². The Labute approximate surface area is 123 Å². The molecule has 0 radical (unpaired) electrons. The van der Waals surface area contributed by atoms with Crippen LogP contribution in [0, 0.1) is 11.3 Å². The molecule has 2 aliphatic rings. The van der Waals surface area contributed by atoms with Crippen LogP contribution in [-0.2, 0) is 11.3 Å². The second-order valence-electron chi connectivity index (χ2n) is 6.45. The van der Waals surface area contributed by atoms with E-state index < -0.39 is 6.61 Å². The van der Waals surface area contributed by atoms with E-state index in [1.54, 1.807) is 12.1 Å². The predicted octanol–water partition coefficient (Wildman–Crippen LogP) is 3.19. The first-order chi connectivity index (χ1) is 9.98. The van der Waals surface area contributed by atoms with Gasteiger partial charge in [0.05, 0.1) is 6.10 Å². The third-order valence-electron chi connectivity index (χ3n) is 4.78. The van der Waals surface area contributed by atoms with E-state index in [2.05, 4.69) is 23.9 Å². The van der Waals surface area contributed by atoms with E-state index in [0.29, 0.717) is 18.1 Å². The molecule has 0 aromatic heterocycles. The fourth-order valence-corrected chi connectivity index (χ4v) is 3.76. The van der Waals surface area contributed by atoms with Crippen molar-refractivity contribution in [1.82, 2.24) is 5.32 Å². The number of ether oxygens (including phenoxy) is 2. The summed E-state index contributed by atoms with van der Waals surface area (Å²) in [4.78, 5) is 0. The molecule has 1 aromatic carbocycles. The monoisotopic (exact) mass is 297 g/mol. The van der Waals surface area contributed by atoms with Crippen LogP contribution in [0.15, 0.2) is 24.3 Å². The van der Waals surface area contributed by atoms with E-state index in [0.717, 1.165) is 25.1 Å². The minimum Gasteiger partial charge on any atom is -0.435 e. The SMILES string of the molecule is CC1(C)C(NCc2ccc(OC(F)F)cc2)C2CCOC21. The molecule has 2 fully saturated rings. The van der Waals surface area contributed by atoms with E-state index in [4.69, 9.17) is 4.74 Å². The quantitative estimate of drug-likeness (QED) is 0.905. The van der Waals surface area contributed by atoms with Crippen molar-refractivity contribution in [3.05, 3.63) is 29.8 Å². The summed E-state index contributed by atoms with van der Waals surface area (Å²) in [7, 11) is 0. The molecule has 1 saturated carbocycles. The van der Waals surface area contributed by atoms with Gasteiger partial charge in [-0.3, -0.25) is 0 Å². The molecule has 1 saturated heterocycles. The summed E-state index contributed by atoms with van der Waals surface area (Å²) in [5, 5.41) is 3.59. The molecule has 0 spiro atoms. The van der Waals surface area contributed by atoms with E-state index in [1.807, 2.05) is 12.1 Å². The minimum atomic E-state index is -2.77. The van der Waals surface area contributed by atoms with Crippen molar-refractivity contribution in [2.24, 2.45) is 11.3 Å². The molecule has 1 heterocycles. The van der Waals surface area contributed by atoms with Crippen LogP contribution in [0.25, 0.3) is 0 Å². The molecule has 0 amide bonds. The maximum Gasteiger partial charge on any atom is 0.387 e. The van der Waals surface area contributed by atoms with Crippen LogP contribution in [0.1, 0.15) is 25.8 Å². The molecule has 0 bridgehead atoms. The first-order valence-corrected chi connectivity index (χ1v) is 7.37. The van der Waals surface area contributed by atoms with Crippen LogP contribution in [0.5, 0.6) is 5.75 Å². The number of rotatable bonds is 5. The lowest BCUT2D eigenvalue weighted by molar-refractivity contribution is -0.113. The Kier molecular flexibility index (Phi) is 3.88. The topological polar surface area (TPSA) is 30.5 Å². The summed E-state index contributed by atoms with van der Waals surface area (Å²) in [6, 6.07) is 7.24. The summed E-state index contributed by atoms with van der Waals surface area (Å²) in [5.74, 6) is 0.795. The molecule has 3 nitrogen and oxygen atoms in total. The summed E-state index contributed by atoms with van der Waals surface area (Å²) in [5.41, 5.74) is 1.22. The highest BCUT2D eigenvalue weighted by molar-refractivity contribution is 5.27. The second kappa shape index (κ2) is 5.54. The van der Waals surface area contributed by atoms with Crippen LogP contribution in [0.3, 0.4) is 0 Å². The molecule has 1 N–H and O–H groups in total. The molecule has 3 atom stereocenters. The number of nitrogens with one attached hydrogen (secondary N) is 1. The minimum absolute atomic E-state index is 0.153. The average molecular weight is 297 g/mol. The van der Waals surface area contributed by atoms with Crippen molar-refractivity contribution in [3.8, 4) is 5.75 Å². The van der Waals surface area contributed by atoms with Crippen molar-refractivity contribution < 1.29 is 18.3 Å². The van der Waals surface area contributed by atoms with E-state index in [-0.39, 0.29) is 11.2 Å². The van der Waals surface area contributed by atoms with Gasteiger partial charge in [0, 0.05) is 30.5 Å². The van der Waals surface area contributed by atoms with Gasteiger partial charge in [-0.15, -0.1) is 0 Å². The molecular formula is C16H21F2NO2. The third-order valence-corrected chi connectivity index (χ3v) is 4.78. The van der Waals surface area contributed by atoms with Crippen molar-refractivity contribution in [1.29, 1.82) is 0 Å². The van der Waals surface area contributed by atoms with Crippen molar-refractivity contribution >= 4 is 0 Å². The Bertz CT molecular complexity index is 490. The second-order valence-corrected chi connectivity index (χ2v) is 6.45. The first kappa shape index (κ1) is 14.7. The van der Waals surface area contributed by atoms with Crippen LogP contribution >= 0.6 is 0 Å². The predicted molar refractivity (Wildman–Crippen MR) is 75.3 cm³/mol. The zero-order chi connectivity index (χ0) is 15.0. The first-order valence-electron chi connectivity index (χ1n) is 7.37. The fraction of sp³-hybridized carbons (Fsp3) is 0.625. The molecule has 21 heavy (non-hydrogen) atoms. The zero-order valence-electron chi connectivity index (χ0n) is 12.3. The lowest BCUT2D eigenvalue weighted by Crippen LogP contribution is -2.65.